The lowest BCUT2D eigenvalue weighted by molar-refractivity contribution is -0.519. The highest BCUT2D eigenvalue weighted by Crippen LogP contribution is 2.58. The summed E-state index contributed by atoms with van der Waals surface area (Å²) in [5, 5.41) is 49.3. The molecule has 5 aromatic carbocycles. The fraction of sp³-hybridized carbons (Fsp3) is 0.186. The lowest BCUT2D eigenvalue weighted by Crippen LogP contribution is -2.29. The van der Waals surface area contributed by atoms with Crippen molar-refractivity contribution in [2.75, 3.05) is 42.5 Å². The number of phenols is 2. The third-order valence-electron chi connectivity index (χ3n) is 10.4. The number of fused-ring (bicyclic) bond motifs is 4. The Morgan fingerprint density at radius 3 is 1.67 bits per heavy atom. The van der Waals surface area contributed by atoms with Crippen LogP contribution in [0.2, 0.25) is 0 Å². The molecule has 5 aromatic rings. The number of rotatable bonds is 6. The van der Waals surface area contributed by atoms with Crippen LogP contribution >= 0.6 is 0 Å². The third kappa shape index (κ3) is 4.63. The minimum absolute atomic E-state index is 0.0755. The SMILES string of the molecule is [C-]#[N+]/C(C#N)=C1\C(=C2c3c(O)cccc3C(=[N+](CC)CC)c3cccc(O)c32)C(O)=C1c1c2c(N)cccc2c(N(CC)CC)c2cccc(N)c12. The molecule has 0 spiro atoms. The minimum atomic E-state index is -0.263. The van der Waals surface area contributed by atoms with E-state index in [1.54, 1.807) is 36.4 Å². The van der Waals surface area contributed by atoms with E-state index in [0.717, 1.165) is 22.2 Å². The highest BCUT2D eigenvalue weighted by Gasteiger charge is 2.44. The molecule has 0 saturated heterocycles. The van der Waals surface area contributed by atoms with Crippen molar-refractivity contribution in [3.8, 4) is 17.6 Å². The highest BCUT2D eigenvalue weighted by atomic mass is 16.3. The summed E-state index contributed by atoms with van der Waals surface area (Å²) in [6, 6.07) is 23.8. The number of aliphatic hydroxyl groups is 1. The van der Waals surface area contributed by atoms with Crippen LogP contribution in [0.5, 0.6) is 11.5 Å². The molecule has 0 heterocycles. The summed E-state index contributed by atoms with van der Waals surface area (Å²) in [5.74, 6) is -0.359. The van der Waals surface area contributed by atoms with Crippen LogP contribution in [0.3, 0.4) is 0 Å². The van der Waals surface area contributed by atoms with E-state index in [4.69, 9.17) is 18.0 Å². The topological polar surface area (TPSA) is 147 Å². The summed E-state index contributed by atoms with van der Waals surface area (Å²) in [5.41, 5.74) is 19.6. The zero-order valence-corrected chi connectivity index (χ0v) is 29.5. The molecule has 9 heteroatoms. The molecule has 258 valence electrons. The van der Waals surface area contributed by atoms with Gasteiger partial charge in [0, 0.05) is 85.0 Å². The van der Waals surface area contributed by atoms with Crippen LogP contribution in [0.4, 0.5) is 17.1 Å². The number of nitriles is 1. The van der Waals surface area contributed by atoms with Crippen LogP contribution in [0.1, 0.15) is 55.5 Å². The molecule has 9 nitrogen and oxygen atoms in total. The van der Waals surface area contributed by atoms with Gasteiger partial charge in [0.2, 0.25) is 5.71 Å². The predicted molar refractivity (Wildman–Crippen MR) is 209 cm³/mol. The number of nitrogens with zero attached hydrogens (tertiary/aromatic N) is 4. The summed E-state index contributed by atoms with van der Waals surface area (Å²) in [4.78, 5) is 5.90. The average Bonchev–Trinajstić information content (AvgIpc) is 3.14. The third-order valence-corrected chi connectivity index (χ3v) is 10.4. The molecule has 0 aromatic heterocycles. The fourth-order valence-electron chi connectivity index (χ4n) is 8.18. The van der Waals surface area contributed by atoms with Gasteiger partial charge >= 0.3 is 0 Å². The Kier molecular flexibility index (Phi) is 8.36. The normalized spacial score (nSPS) is 14.5. The first-order chi connectivity index (χ1) is 25.2. The van der Waals surface area contributed by atoms with E-state index < -0.39 is 0 Å². The molecule has 7 rings (SSSR count). The largest absolute Gasteiger partial charge is 0.507 e. The maximum atomic E-state index is 12.6. The molecule has 0 unspecified atom stereocenters. The van der Waals surface area contributed by atoms with Crippen molar-refractivity contribution >= 4 is 55.5 Å². The number of benzene rings is 5. The Bertz CT molecular complexity index is 2450. The monoisotopic (exact) mass is 687 g/mol. The number of allylic oxidation sites excluding steroid dienone is 3. The number of nitrogens with two attached hydrogens (primary N) is 2. The van der Waals surface area contributed by atoms with Gasteiger partial charge in [0.15, 0.2) is 0 Å². The molecule has 0 atom stereocenters. The lowest BCUT2D eigenvalue weighted by Gasteiger charge is -2.35. The van der Waals surface area contributed by atoms with Gasteiger partial charge in [0.1, 0.15) is 30.3 Å². The first-order valence-electron chi connectivity index (χ1n) is 17.4. The van der Waals surface area contributed by atoms with Crippen LogP contribution in [-0.2, 0) is 0 Å². The zero-order chi connectivity index (χ0) is 37.0. The van der Waals surface area contributed by atoms with Crippen molar-refractivity contribution in [2.45, 2.75) is 27.7 Å². The number of hydrogen-bond donors (Lipinski definition) is 5. The summed E-state index contributed by atoms with van der Waals surface area (Å²) in [6.07, 6.45) is 0. The second-order valence-electron chi connectivity index (χ2n) is 12.8. The number of hydrogen-bond acceptors (Lipinski definition) is 7. The summed E-state index contributed by atoms with van der Waals surface area (Å²) in [7, 11) is 0. The number of aromatic hydroxyl groups is 2. The fourth-order valence-corrected chi connectivity index (χ4v) is 8.18. The molecular weight excluding hydrogens is 649 g/mol. The Hall–Kier alpha value is -6.71. The van der Waals surface area contributed by atoms with Crippen molar-refractivity contribution in [2.24, 2.45) is 0 Å². The van der Waals surface area contributed by atoms with Crippen LogP contribution in [0.25, 0.3) is 37.5 Å². The Labute approximate surface area is 302 Å². The maximum Gasteiger partial charge on any atom is 0.270 e. The van der Waals surface area contributed by atoms with Gasteiger partial charge in [-0.2, -0.15) is 0 Å². The van der Waals surface area contributed by atoms with Crippen LogP contribution in [0.15, 0.2) is 95.4 Å². The van der Waals surface area contributed by atoms with E-state index in [1.165, 1.54) is 0 Å². The molecule has 0 aliphatic heterocycles. The van der Waals surface area contributed by atoms with Gasteiger partial charge in [-0.05, 0) is 64.1 Å². The molecule has 0 fully saturated rings. The van der Waals surface area contributed by atoms with Gasteiger partial charge in [0.25, 0.3) is 5.70 Å². The van der Waals surface area contributed by atoms with E-state index in [1.807, 2.05) is 50.2 Å². The Balaban J connectivity index is 1.73. The van der Waals surface area contributed by atoms with Crippen molar-refractivity contribution < 1.29 is 19.9 Å². The summed E-state index contributed by atoms with van der Waals surface area (Å²) in [6.45, 7) is 19.1. The maximum absolute atomic E-state index is 12.6. The van der Waals surface area contributed by atoms with Gasteiger partial charge in [-0.3, -0.25) is 0 Å². The second kappa shape index (κ2) is 12.9. The Morgan fingerprint density at radius 1 is 0.731 bits per heavy atom. The first kappa shape index (κ1) is 33.8. The van der Waals surface area contributed by atoms with Gasteiger partial charge in [-0.15, -0.1) is 0 Å². The smallest absolute Gasteiger partial charge is 0.270 e. The first-order valence-corrected chi connectivity index (χ1v) is 17.4. The summed E-state index contributed by atoms with van der Waals surface area (Å²) >= 11 is 0. The van der Waals surface area contributed by atoms with Gasteiger partial charge in [-0.25, -0.2) is 14.7 Å². The van der Waals surface area contributed by atoms with E-state index in [9.17, 15) is 20.6 Å². The summed E-state index contributed by atoms with van der Waals surface area (Å²) < 4.78 is 2.15. The molecule has 0 radical (unpaired) electrons. The van der Waals surface area contributed by atoms with Crippen LogP contribution in [-0.4, -0.2) is 51.8 Å². The molecule has 0 saturated carbocycles. The van der Waals surface area contributed by atoms with Gasteiger partial charge in [0.05, 0.1) is 29.5 Å². The van der Waals surface area contributed by atoms with E-state index >= 15 is 0 Å². The zero-order valence-electron chi connectivity index (χ0n) is 29.5. The molecule has 52 heavy (non-hydrogen) atoms. The highest BCUT2D eigenvalue weighted by molar-refractivity contribution is 6.28. The molecule has 0 amide bonds. The van der Waals surface area contributed by atoms with Crippen LogP contribution < -0.4 is 16.4 Å². The van der Waals surface area contributed by atoms with Crippen molar-refractivity contribution in [1.82, 2.24) is 0 Å². The molecule has 2 aliphatic rings. The quantitative estimate of drug-likeness (QED) is 0.0391. The number of aliphatic hydroxyl groups excluding tert-OH is 1. The van der Waals surface area contributed by atoms with Crippen molar-refractivity contribution in [1.29, 1.82) is 5.26 Å². The molecular formula is C43H39N6O3+. The second-order valence-corrected chi connectivity index (χ2v) is 12.8. The standard InChI is InChI=1S/C43H38N6O3/c1-6-48(7-2)41-23-14-10-18-27(45)32(23)37(33-24(41)15-11-19-28(33)46)39-36(29(22-44)47-5)40(43(39)52)38-34-25(16-12-20-30(34)50)42(49(8-3)9-4)26-17-13-21-31(51)35(26)38/h10-21H,6-9,45-46H2,1-4H3,(H2-,50,51,52)/p+1/b36-29-. The molecule has 2 aliphatic carbocycles. The molecule has 7 N–H and O–H groups in total. The number of phenolic OH excluding ortho intramolecular Hbond substituents is 2. The van der Waals surface area contributed by atoms with Crippen molar-refractivity contribution in [3.63, 3.8) is 0 Å². The molecule has 0 bridgehead atoms. The van der Waals surface area contributed by atoms with Gasteiger partial charge in [-0.1, -0.05) is 36.4 Å². The average molecular weight is 688 g/mol. The van der Waals surface area contributed by atoms with Crippen LogP contribution in [0, 0.1) is 17.9 Å². The van der Waals surface area contributed by atoms with E-state index in [-0.39, 0.29) is 39.7 Å². The van der Waals surface area contributed by atoms with E-state index in [2.05, 4.69) is 34.2 Å². The van der Waals surface area contributed by atoms with E-state index in [0.29, 0.717) is 81.7 Å². The number of anilines is 3. The minimum Gasteiger partial charge on any atom is -0.507 e. The Morgan fingerprint density at radius 2 is 1.23 bits per heavy atom. The van der Waals surface area contributed by atoms with Gasteiger partial charge < -0.3 is 31.7 Å². The number of nitrogen functional groups attached to an aromatic ring is 2. The predicted octanol–water partition coefficient (Wildman–Crippen LogP) is 8.10. The van der Waals surface area contributed by atoms with Crippen molar-refractivity contribution in [3.05, 3.63) is 135 Å². The lowest BCUT2D eigenvalue weighted by atomic mass is 9.68.